The monoisotopic (exact) mass is 550 g/mol. The van der Waals surface area contributed by atoms with Gasteiger partial charge in [0.1, 0.15) is 10.9 Å². The average molecular weight is 551 g/mol. The number of anilines is 1. The molecule has 11 nitrogen and oxygen atoms in total. The van der Waals surface area contributed by atoms with E-state index in [9.17, 15) is 18.0 Å². The molecule has 2 aliphatic heterocycles. The highest BCUT2D eigenvalue weighted by Crippen LogP contribution is 2.31. The number of nitrogens with two attached hydrogens (primary N) is 2. The molecular formula is C26H42N6O5S. The van der Waals surface area contributed by atoms with Crippen molar-refractivity contribution >= 4 is 33.5 Å². The van der Waals surface area contributed by atoms with Crippen LogP contribution in [-0.2, 0) is 30.8 Å². The highest BCUT2D eigenvalue weighted by atomic mass is 32.2. The molecule has 0 aliphatic carbocycles. The topological polar surface area (TPSA) is 169 Å². The van der Waals surface area contributed by atoms with Gasteiger partial charge in [0.05, 0.1) is 12.3 Å². The Hall–Kier alpha value is -2.86. The molecule has 12 heteroatoms. The fourth-order valence-corrected chi connectivity index (χ4v) is 6.55. The van der Waals surface area contributed by atoms with Gasteiger partial charge in [-0.1, -0.05) is 19.1 Å². The largest absolute Gasteiger partial charge is 0.466 e. The van der Waals surface area contributed by atoms with Gasteiger partial charge in [-0.2, -0.15) is 4.72 Å². The molecule has 0 bridgehead atoms. The van der Waals surface area contributed by atoms with E-state index in [1.54, 1.807) is 24.0 Å². The lowest BCUT2D eigenvalue weighted by atomic mass is 9.92. The Balaban J connectivity index is 1.70. The predicted octanol–water partition coefficient (Wildman–Crippen LogP) is 1.57. The first-order valence-corrected chi connectivity index (χ1v) is 15.0. The summed E-state index contributed by atoms with van der Waals surface area (Å²) in [5, 5.41) is 3.26. The average Bonchev–Trinajstić information content (AvgIpc) is 2.88. The number of esters is 1. The number of hydrogen-bond donors (Lipinski definition) is 4. The standard InChI is InChI=1S/C26H42N6O5S/c1-3-37-23(33)10-9-19-11-14-32(15-12-19)25(34)21(7-5-13-29-26(27)28)31-38(35,36)22-8-4-6-20-16-18(2)17-30-24(20)22/h4,6,8,18-19,21,30-31H,3,5,7,9-17H2,1-2H3,(H4,27,28,29)/t18?,21-/m0/s1. The van der Waals surface area contributed by atoms with Crippen molar-refractivity contribution in [1.29, 1.82) is 0 Å². The number of nitrogens with zero attached hydrogens (tertiary/aromatic N) is 2. The van der Waals surface area contributed by atoms with Gasteiger partial charge in [-0.3, -0.25) is 14.6 Å². The molecule has 0 aromatic heterocycles. The van der Waals surface area contributed by atoms with Crippen LogP contribution in [0.4, 0.5) is 5.69 Å². The first kappa shape index (κ1) is 29.7. The number of benzene rings is 1. The second-order valence-corrected chi connectivity index (χ2v) is 11.9. The number of aliphatic imine (C=N–C) groups is 1. The minimum Gasteiger partial charge on any atom is -0.466 e. The van der Waals surface area contributed by atoms with E-state index in [4.69, 9.17) is 16.2 Å². The molecule has 0 spiro atoms. The van der Waals surface area contributed by atoms with Gasteiger partial charge in [-0.05, 0) is 68.9 Å². The van der Waals surface area contributed by atoms with Crippen molar-refractivity contribution in [2.45, 2.75) is 69.7 Å². The van der Waals surface area contributed by atoms with Crippen LogP contribution in [0.15, 0.2) is 28.1 Å². The summed E-state index contributed by atoms with van der Waals surface area (Å²) < 4.78 is 34.8. The van der Waals surface area contributed by atoms with Gasteiger partial charge in [0, 0.05) is 32.6 Å². The number of carbonyl (C=O) groups excluding carboxylic acids is 2. The smallest absolute Gasteiger partial charge is 0.305 e. The normalized spacial score (nSPS) is 18.7. The lowest BCUT2D eigenvalue weighted by molar-refractivity contribution is -0.143. The van der Waals surface area contributed by atoms with Crippen LogP contribution in [0.2, 0.25) is 0 Å². The first-order valence-electron chi connectivity index (χ1n) is 13.5. The Labute approximate surface area is 225 Å². The number of guanidine groups is 1. The van der Waals surface area contributed by atoms with Crippen LogP contribution in [0.5, 0.6) is 0 Å². The lowest BCUT2D eigenvalue weighted by Crippen LogP contribution is -2.50. The maximum absolute atomic E-state index is 13.5. The third-order valence-electron chi connectivity index (χ3n) is 7.13. The Morgan fingerprint density at radius 2 is 2.00 bits per heavy atom. The van der Waals surface area contributed by atoms with E-state index in [1.165, 1.54) is 0 Å². The van der Waals surface area contributed by atoms with Crippen LogP contribution in [0.25, 0.3) is 0 Å². The maximum atomic E-state index is 13.5. The quantitative estimate of drug-likeness (QED) is 0.132. The van der Waals surface area contributed by atoms with Gasteiger partial charge < -0.3 is 26.4 Å². The van der Waals surface area contributed by atoms with E-state index in [2.05, 4.69) is 22.0 Å². The number of amides is 1. The summed E-state index contributed by atoms with van der Waals surface area (Å²) in [4.78, 5) is 31.1. The third-order valence-corrected chi connectivity index (χ3v) is 8.64. The molecule has 2 atom stereocenters. The molecule has 2 heterocycles. The molecule has 1 fully saturated rings. The van der Waals surface area contributed by atoms with E-state index < -0.39 is 16.1 Å². The summed E-state index contributed by atoms with van der Waals surface area (Å²) in [6.45, 7) is 6.27. The van der Waals surface area contributed by atoms with E-state index in [0.717, 1.165) is 31.2 Å². The van der Waals surface area contributed by atoms with Crippen LogP contribution in [-0.4, -0.2) is 70.0 Å². The Bertz CT molecular complexity index is 1100. The zero-order valence-electron chi connectivity index (χ0n) is 22.4. The number of fused-ring (bicyclic) bond motifs is 1. The van der Waals surface area contributed by atoms with Gasteiger partial charge >= 0.3 is 5.97 Å². The molecule has 1 aromatic rings. The van der Waals surface area contributed by atoms with Gasteiger partial charge in [-0.25, -0.2) is 8.42 Å². The molecule has 212 valence electrons. The summed E-state index contributed by atoms with van der Waals surface area (Å²) in [5.74, 6) is 0.222. The number of ether oxygens (including phenoxy) is 1. The number of piperidine rings is 1. The van der Waals surface area contributed by atoms with Crippen molar-refractivity contribution in [2.24, 2.45) is 28.3 Å². The first-order chi connectivity index (χ1) is 18.1. The fourth-order valence-electron chi connectivity index (χ4n) is 5.10. The summed E-state index contributed by atoms with van der Waals surface area (Å²) in [6.07, 6.45) is 4.10. The molecule has 0 radical (unpaired) electrons. The number of likely N-dealkylation sites (tertiary alicyclic amines) is 1. The van der Waals surface area contributed by atoms with Crippen molar-refractivity contribution < 1.29 is 22.7 Å². The number of nitrogens with one attached hydrogen (secondary N) is 2. The minimum atomic E-state index is -3.99. The zero-order chi connectivity index (χ0) is 27.7. The van der Waals surface area contributed by atoms with Crippen molar-refractivity contribution in [2.75, 3.05) is 38.1 Å². The molecule has 3 rings (SSSR count). The van der Waals surface area contributed by atoms with E-state index in [1.807, 2.05) is 6.07 Å². The molecule has 6 N–H and O–H groups in total. The van der Waals surface area contributed by atoms with Crippen LogP contribution >= 0.6 is 0 Å². The molecule has 1 aromatic carbocycles. The second-order valence-electron chi connectivity index (χ2n) is 10.2. The molecule has 2 aliphatic rings. The maximum Gasteiger partial charge on any atom is 0.305 e. The summed E-state index contributed by atoms with van der Waals surface area (Å²) in [5.41, 5.74) is 12.4. The lowest BCUT2D eigenvalue weighted by Gasteiger charge is -2.34. The van der Waals surface area contributed by atoms with Crippen molar-refractivity contribution in [1.82, 2.24) is 9.62 Å². The number of carbonyl (C=O) groups is 2. The summed E-state index contributed by atoms with van der Waals surface area (Å²) in [7, 11) is -3.99. The molecule has 1 unspecified atom stereocenters. The van der Waals surface area contributed by atoms with Gasteiger partial charge in [0.25, 0.3) is 0 Å². The highest BCUT2D eigenvalue weighted by Gasteiger charge is 2.33. The molecule has 1 saturated heterocycles. The van der Waals surface area contributed by atoms with Crippen LogP contribution < -0.4 is 21.5 Å². The SMILES string of the molecule is CCOC(=O)CCC1CCN(C(=O)[C@H](CCCN=C(N)N)NS(=O)(=O)c2cccc3c2NCC(C)C3)CC1. The fraction of sp³-hybridized carbons (Fsp3) is 0.654. The van der Waals surface area contributed by atoms with Crippen molar-refractivity contribution in [3.05, 3.63) is 23.8 Å². The van der Waals surface area contributed by atoms with Crippen molar-refractivity contribution in [3.63, 3.8) is 0 Å². The molecule has 0 saturated carbocycles. The van der Waals surface area contributed by atoms with E-state index >= 15 is 0 Å². The minimum absolute atomic E-state index is 0.0467. The number of sulfonamides is 1. The van der Waals surface area contributed by atoms with Crippen LogP contribution in [0.3, 0.4) is 0 Å². The number of hydrogen-bond acceptors (Lipinski definition) is 7. The van der Waals surface area contributed by atoms with E-state index in [0.29, 0.717) is 63.2 Å². The highest BCUT2D eigenvalue weighted by molar-refractivity contribution is 7.89. The Morgan fingerprint density at radius 1 is 1.26 bits per heavy atom. The predicted molar refractivity (Wildman–Crippen MR) is 147 cm³/mol. The summed E-state index contributed by atoms with van der Waals surface area (Å²) in [6, 6.07) is 4.30. The molecule has 1 amide bonds. The van der Waals surface area contributed by atoms with Gasteiger partial charge in [-0.15, -0.1) is 0 Å². The van der Waals surface area contributed by atoms with Gasteiger partial charge in [0.2, 0.25) is 15.9 Å². The number of rotatable bonds is 12. The molecular weight excluding hydrogens is 508 g/mol. The van der Waals surface area contributed by atoms with Crippen molar-refractivity contribution in [3.8, 4) is 0 Å². The van der Waals surface area contributed by atoms with Crippen LogP contribution in [0, 0.1) is 11.8 Å². The zero-order valence-corrected chi connectivity index (χ0v) is 23.3. The third kappa shape index (κ3) is 8.32. The molecule has 38 heavy (non-hydrogen) atoms. The Morgan fingerprint density at radius 3 is 2.68 bits per heavy atom. The Kier molecular flexibility index (Phi) is 10.8. The summed E-state index contributed by atoms with van der Waals surface area (Å²) >= 11 is 0. The van der Waals surface area contributed by atoms with Gasteiger partial charge in [0.15, 0.2) is 5.96 Å². The number of para-hydroxylation sites is 1. The van der Waals surface area contributed by atoms with E-state index in [-0.39, 0.29) is 29.2 Å². The van der Waals surface area contributed by atoms with Crippen LogP contribution in [0.1, 0.15) is 57.9 Å². The second kappa shape index (κ2) is 13.8.